The van der Waals surface area contributed by atoms with Gasteiger partial charge >= 0.3 is 0 Å². The molecule has 1 aromatic heterocycles. The van der Waals surface area contributed by atoms with Crippen LogP contribution in [0, 0.1) is 0 Å². The summed E-state index contributed by atoms with van der Waals surface area (Å²) < 4.78 is 0. The van der Waals surface area contributed by atoms with Crippen LogP contribution in [0.4, 0.5) is 0 Å². The van der Waals surface area contributed by atoms with Gasteiger partial charge in [-0.2, -0.15) is 0 Å². The lowest BCUT2D eigenvalue weighted by molar-refractivity contribution is 0.472. The standard InChI is InChI=1S/C16H22N2OS/c1-11(12-6-5-7-13(19)8-12)17-9-14-10-18-15(20-14)16(2,3)4/h5-8,10-11,17,19H,9H2,1-4H3. The molecule has 3 nitrogen and oxygen atoms in total. The van der Waals surface area contributed by atoms with Crippen LogP contribution in [0.15, 0.2) is 30.5 Å². The molecule has 0 bridgehead atoms. The average Bonchev–Trinajstić information content (AvgIpc) is 2.84. The quantitative estimate of drug-likeness (QED) is 0.894. The Kier molecular flexibility index (Phi) is 4.45. The number of rotatable bonds is 4. The first-order valence-corrected chi connectivity index (χ1v) is 7.65. The molecule has 1 aromatic carbocycles. The second kappa shape index (κ2) is 5.94. The summed E-state index contributed by atoms with van der Waals surface area (Å²) in [5.74, 6) is 0.309. The van der Waals surface area contributed by atoms with Crippen LogP contribution >= 0.6 is 11.3 Å². The molecule has 0 saturated carbocycles. The summed E-state index contributed by atoms with van der Waals surface area (Å²) >= 11 is 1.76. The fraction of sp³-hybridized carbons (Fsp3) is 0.438. The number of nitrogens with one attached hydrogen (secondary N) is 1. The molecular formula is C16H22N2OS. The van der Waals surface area contributed by atoms with Crippen molar-refractivity contribution in [2.45, 2.75) is 45.7 Å². The van der Waals surface area contributed by atoms with Gasteiger partial charge in [0.25, 0.3) is 0 Å². The number of phenolic OH excluding ortho intramolecular Hbond substituents is 1. The maximum absolute atomic E-state index is 9.50. The summed E-state index contributed by atoms with van der Waals surface area (Å²) in [4.78, 5) is 5.73. The van der Waals surface area contributed by atoms with Gasteiger partial charge in [-0.1, -0.05) is 32.9 Å². The van der Waals surface area contributed by atoms with Gasteiger partial charge in [0.15, 0.2) is 0 Å². The molecule has 0 spiro atoms. The third-order valence-electron chi connectivity index (χ3n) is 3.15. The number of thiazole rings is 1. The maximum Gasteiger partial charge on any atom is 0.115 e. The van der Waals surface area contributed by atoms with Crippen LogP contribution in [0.1, 0.15) is 49.2 Å². The summed E-state index contributed by atoms with van der Waals surface area (Å²) in [6.45, 7) is 9.43. The third kappa shape index (κ3) is 3.81. The molecule has 1 heterocycles. The van der Waals surface area contributed by atoms with Crippen molar-refractivity contribution in [3.63, 3.8) is 0 Å². The number of aromatic nitrogens is 1. The summed E-state index contributed by atoms with van der Waals surface area (Å²) in [6, 6.07) is 7.57. The molecule has 0 aliphatic rings. The Morgan fingerprint density at radius 3 is 2.70 bits per heavy atom. The van der Waals surface area contributed by atoms with Crippen LogP contribution in [0.3, 0.4) is 0 Å². The molecule has 2 rings (SSSR count). The average molecular weight is 290 g/mol. The highest BCUT2D eigenvalue weighted by Crippen LogP contribution is 2.27. The molecule has 1 atom stereocenters. The normalized spacial score (nSPS) is 13.4. The predicted octanol–water partition coefficient (Wildman–Crippen LogP) is 4.00. The Hall–Kier alpha value is -1.39. The van der Waals surface area contributed by atoms with Crippen molar-refractivity contribution in [3.8, 4) is 5.75 Å². The number of nitrogens with zero attached hydrogens (tertiary/aromatic N) is 1. The van der Waals surface area contributed by atoms with Gasteiger partial charge in [0.05, 0.1) is 5.01 Å². The topological polar surface area (TPSA) is 45.2 Å². The van der Waals surface area contributed by atoms with Crippen molar-refractivity contribution < 1.29 is 5.11 Å². The van der Waals surface area contributed by atoms with Crippen LogP contribution in [-0.4, -0.2) is 10.1 Å². The van der Waals surface area contributed by atoms with Gasteiger partial charge in [-0.05, 0) is 24.6 Å². The van der Waals surface area contributed by atoms with Gasteiger partial charge in [-0.3, -0.25) is 0 Å². The molecule has 0 radical (unpaired) electrons. The molecule has 0 amide bonds. The van der Waals surface area contributed by atoms with Gasteiger partial charge in [-0.25, -0.2) is 4.98 Å². The minimum atomic E-state index is 0.111. The zero-order chi connectivity index (χ0) is 14.8. The van der Waals surface area contributed by atoms with E-state index in [-0.39, 0.29) is 11.5 Å². The fourth-order valence-corrected chi connectivity index (χ4v) is 2.82. The number of hydrogen-bond donors (Lipinski definition) is 2. The van der Waals surface area contributed by atoms with Crippen molar-refractivity contribution in [3.05, 3.63) is 45.9 Å². The molecule has 0 aliphatic carbocycles. The van der Waals surface area contributed by atoms with E-state index in [9.17, 15) is 5.11 Å². The smallest absolute Gasteiger partial charge is 0.115 e. The first-order valence-electron chi connectivity index (χ1n) is 6.84. The summed E-state index contributed by atoms with van der Waals surface area (Å²) in [7, 11) is 0. The minimum Gasteiger partial charge on any atom is -0.508 e. The molecule has 0 aliphatic heterocycles. The van der Waals surface area contributed by atoms with Crippen LogP contribution in [0.25, 0.3) is 0 Å². The van der Waals surface area contributed by atoms with E-state index in [4.69, 9.17) is 0 Å². The largest absolute Gasteiger partial charge is 0.508 e. The van der Waals surface area contributed by atoms with E-state index in [0.29, 0.717) is 5.75 Å². The third-order valence-corrected chi connectivity index (χ3v) is 4.57. The fourth-order valence-electron chi connectivity index (χ4n) is 1.90. The van der Waals surface area contributed by atoms with E-state index in [0.717, 1.165) is 12.1 Å². The van der Waals surface area contributed by atoms with Crippen molar-refractivity contribution in [1.29, 1.82) is 0 Å². The summed E-state index contributed by atoms with van der Waals surface area (Å²) in [5.41, 5.74) is 1.20. The molecule has 2 aromatic rings. The van der Waals surface area contributed by atoms with Gasteiger partial charge in [0.1, 0.15) is 5.75 Å². The van der Waals surface area contributed by atoms with Crippen LogP contribution < -0.4 is 5.32 Å². The maximum atomic E-state index is 9.50. The first-order chi connectivity index (χ1) is 9.36. The van der Waals surface area contributed by atoms with Crippen LogP contribution in [0.5, 0.6) is 5.75 Å². The lowest BCUT2D eigenvalue weighted by Crippen LogP contribution is -2.17. The number of phenols is 1. The van der Waals surface area contributed by atoms with Crippen LogP contribution in [0.2, 0.25) is 0 Å². The van der Waals surface area contributed by atoms with Gasteiger partial charge in [0, 0.05) is 29.1 Å². The molecular weight excluding hydrogens is 268 g/mol. The Labute approximate surface area is 124 Å². The van der Waals surface area contributed by atoms with Crippen molar-refractivity contribution >= 4 is 11.3 Å². The molecule has 1 unspecified atom stereocenters. The van der Waals surface area contributed by atoms with E-state index >= 15 is 0 Å². The molecule has 4 heteroatoms. The summed E-state index contributed by atoms with van der Waals surface area (Å²) in [6.07, 6.45) is 1.95. The Morgan fingerprint density at radius 2 is 2.10 bits per heavy atom. The minimum absolute atomic E-state index is 0.111. The second-order valence-electron chi connectivity index (χ2n) is 6.08. The predicted molar refractivity (Wildman–Crippen MR) is 84.2 cm³/mol. The van der Waals surface area contributed by atoms with Crippen molar-refractivity contribution in [1.82, 2.24) is 10.3 Å². The van der Waals surface area contributed by atoms with E-state index in [1.165, 1.54) is 9.88 Å². The number of benzene rings is 1. The highest BCUT2D eigenvalue weighted by atomic mass is 32.1. The van der Waals surface area contributed by atoms with E-state index < -0.39 is 0 Å². The molecule has 20 heavy (non-hydrogen) atoms. The van der Waals surface area contributed by atoms with E-state index in [1.54, 1.807) is 23.5 Å². The second-order valence-corrected chi connectivity index (χ2v) is 7.19. The highest BCUT2D eigenvalue weighted by molar-refractivity contribution is 7.11. The SMILES string of the molecule is CC(NCc1cnc(C(C)(C)C)s1)c1cccc(O)c1. The van der Waals surface area contributed by atoms with E-state index in [2.05, 4.69) is 38.0 Å². The van der Waals surface area contributed by atoms with Crippen molar-refractivity contribution in [2.75, 3.05) is 0 Å². The molecule has 0 saturated heterocycles. The lowest BCUT2D eigenvalue weighted by Gasteiger charge is -2.14. The van der Waals surface area contributed by atoms with Gasteiger partial charge in [0.2, 0.25) is 0 Å². The Morgan fingerprint density at radius 1 is 1.35 bits per heavy atom. The van der Waals surface area contributed by atoms with Gasteiger partial charge < -0.3 is 10.4 Å². The van der Waals surface area contributed by atoms with Crippen LogP contribution in [-0.2, 0) is 12.0 Å². The van der Waals surface area contributed by atoms with E-state index in [1.807, 2.05) is 18.3 Å². The zero-order valence-electron chi connectivity index (χ0n) is 12.5. The van der Waals surface area contributed by atoms with Crippen molar-refractivity contribution in [2.24, 2.45) is 0 Å². The first kappa shape index (κ1) is 15.0. The number of aromatic hydroxyl groups is 1. The monoisotopic (exact) mass is 290 g/mol. The Bertz CT molecular complexity index is 572. The molecule has 2 N–H and O–H groups in total. The molecule has 108 valence electrons. The zero-order valence-corrected chi connectivity index (χ0v) is 13.3. The number of hydrogen-bond acceptors (Lipinski definition) is 4. The molecule has 0 fully saturated rings. The highest BCUT2D eigenvalue weighted by Gasteiger charge is 2.18. The lowest BCUT2D eigenvalue weighted by atomic mass is 9.98. The summed E-state index contributed by atoms with van der Waals surface area (Å²) in [5, 5.41) is 14.1. The van der Waals surface area contributed by atoms with Gasteiger partial charge in [-0.15, -0.1) is 11.3 Å². The Balaban J connectivity index is 1.97.